The molecular weight excluding hydrogens is 288 g/mol. The molecule has 0 radical (unpaired) electrons. The molecule has 2 aliphatic heterocycles. The van der Waals surface area contributed by atoms with Crippen molar-refractivity contribution in [3.05, 3.63) is 24.5 Å². The monoisotopic (exact) mass is 310 g/mol. The summed E-state index contributed by atoms with van der Waals surface area (Å²) < 4.78 is 6.02. The molecule has 0 bridgehead atoms. The van der Waals surface area contributed by atoms with Crippen LogP contribution in [0, 0.1) is 0 Å². The molecule has 0 saturated carbocycles. The molecule has 0 aliphatic carbocycles. The number of thioether (sulfide) groups is 2. The second-order valence-corrected chi connectivity index (χ2v) is 7.65. The molecule has 2 fully saturated rings. The van der Waals surface area contributed by atoms with Gasteiger partial charge in [-0.15, -0.1) is 0 Å². The molecule has 0 N–H and O–H groups in total. The summed E-state index contributed by atoms with van der Waals surface area (Å²) in [5.41, 5.74) is 0. The quantitative estimate of drug-likeness (QED) is 0.855. The summed E-state index contributed by atoms with van der Waals surface area (Å²) in [6, 6.07) is 4.70. The molecule has 0 atom stereocenters. The van der Waals surface area contributed by atoms with Crippen LogP contribution in [0.15, 0.2) is 24.5 Å². The third kappa shape index (κ3) is 4.06. The molecule has 0 unspecified atom stereocenters. The van der Waals surface area contributed by atoms with Crippen LogP contribution in [0.5, 0.6) is 5.75 Å². The van der Waals surface area contributed by atoms with Gasteiger partial charge in [0.1, 0.15) is 11.9 Å². The van der Waals surface area contributed by atoms with Crippen LogP contribution in [0.25, 0.3) is 0 Å². The highest BCUT2D eigenvalue weighted by Crippen LogP contribution is 2.24. The minimum Gasteiger partial charge on any atom is -0.489 e. The molecule has 0 amide bonds. The van der Waals surface area contributed by atoms with E-state index in [9.17, 15) is 0 Å². The predicted octanol–water partition coefficient (Wildman–Crippen LogP) is 2.77. The third-order valence-corrected chi connectivity index (χ3v) is 6.41. The van der Waals surface area contributed by atoms with E-state index in [0.717, 1.165) is 24.6 Å². The van der Waals surface area contributed by atoms with E-state index in [0.29, 0.717) is 6.10 Å². The Morgan fingerprint density at radius 2 is 1.90 bits per heavy atom. The third-order valence-electron chi connectivity index (χ3n) is 3.92. The Balaban J connectivity index is 1.46. The lowest BCUT2D eigenvalue weighted by molar-refractivity contribution is 0.0862. The highest BCUT2D eigenvalue weighted by Gasteiger charge is 2.26. The van der Waals surface area contributed by atoms with Gasteiger partial charge in [0.05, 0.1) is 6.20 Å². The van der Waals surface area contributed by atoms with Gasteiger partial charge in [-0.1, -0.05) is 0 Å². The van der Waals surface area contributed by atoms with Crippen LogP contribution < -0.4 is 4.74 Å². The Bertz CT molecular complexity index is 388. The largest absolute Gasteiger partial charge is 0.489 e. The van der Waals surface area contributed by atoms with Gasteiger partial charge in [-0.3, -0.25) is 9.88 Å². The number of ether oxygens (including phenoxy) is 1. The fourth-order valence-corrected chi connectivity index (χ4v) is 5.41. The van der Waals surface area contributed by atoms with Crippen molar-refractivity contribution < 1.29 is 4.74 Å². The van der Waals surface area contributed by atoms with Crippen molar-refractivity contribution >= 4 is 23.5 Å². The van der Waals surface area contributed by atoms with Gasteiger partial charge in [-0.05, 0) is 25.0 Å². The first-order valence-corrected chi connectivity index (χ1v) is 9.69. The first kappa shape index (κ1) is 14.5. The van der Waals surface area contributed by atoms with E-state index in [-0.39, 0.29) is 0 Å². The zero-order valence-electron chi connectivity index (χ0n) is 11.7. The van der Waals surface area contributed by atoms with Crippen LogP contribution >= 0.6 is 23.5 Å². The topological polar surface area (TPSA) is 25.4 Å². The van der Waals surface area contributed by atoms with Gasteiger partial charge in [-0.25, -0.2) is 0 Å². The molecule has 20 heavy (non-hydrogen) atoms. The van der Waals surface area contributed by atoms with E-state index in [4.69, 9.17) is 4.74 Å². The molecular formula is C15H22N2OS2. The predicted molar refractivity (Wildman–Crippen MR) is 87.9 cm³/mol. The summed E-state index contributed by atoms with van der Waals surface area (Å²) >= 11 is 4.24. The number of piperidine rings is 1. The van der Waals surface area contributed by atoms with Gasteiger partial charge < -0.3 is 4.74 Å². The van der Waals surface area contributed by atoms with E-state index in [1.54, 1.807) is 6.20 Å². The Hall–Kier alpha value is -0.390. The van der Waals surface area contributed by atoms with Crippen molar-refractivity contribution in [2.45, 2.75) is 25.0 Å². The van der Waals surface area contributed by atoms with Gasteiger partial charge in [0.25, 0.3) is 0 Å². The van der Waals surface area contributed by atoms with Crippen LogP contribution in [0.2, 0.25) is 0 Å². The van der Waals surface area contributed by atoms with Crippen LogP contribution in [0.3, 0.4) is 0 Å². The summed E-state index contributed by atoms with van der Waals surface area (Å²) in [5.74, 6) is 6.16. The van der Waals surface area contributed by atoms with Crippen molar-refractivity contribution in [2.24, 2.45) is 0 Å². The van der Waals surface area contributed by atoms with Gasteiger partial charge in [-0.2, -0.15) is 23.5 Å². The summed E-state index contributed by atoms with van der Waals surface area (Å²) in [4.78, 5) is 6.78. The van der Waals surface area contributed by atoms with Crippen LogP contribution in [0.4, 0.5) is 0 Å². The molecule has 3 nitrogen and oxygen atoms in total. The van der Waals surface area contributed by atoms with Gasteiger partial charge in [0.15, 0.2) is 0 Å². The number of nitrogens with zero attached hydrogens (tertiary/aromatic N) is 2. The first-order valence-electron chi connectivity index (χ1n) is 7.38. The minimum atomic E-state index is 0.363. The van der Waals surface area contributed by atoms with E-state index in [1.807, 2.05) is 18.3 Å². The number of aromatic nitrogens is 1. The average Bonchev–Trinajstić information content (AvgIpc) is 2.78. The fourth-order valence-electron chi connectivity index (χ4n) is 2.78. The molecule has 1 aromatic heterocycles. The van der Waals surface area contributed by atoms with E-state index in [2.05, 4.69) is 33.4 Å². The summed E-state index contributed by atoms with van der Waals surface area (Å²) in [7, 11) is 0. The van der Waals surface area contributed by atoms with Crippen molar-refractivity contribution in [2.75, 3.05) is 36.1 Å². The molecule has 2 aliphatic rings. The van der Waals surface area contributed by atoms with E-state index < -0.39 is 0 Å². The number of likely N-dealkylation sites (tertiary alicyclic amines) is 1. The molecule has 1 aromatic rings. The lowest BCUT2D eigenvalue weighted by Gasteiger charge is -2.36. The van der Waals surface area contributed by atoms with Crippen LogP contribution in [-0.4, -0.2) is 58.1 Å². The van der Waals surface area contributed by atoms with Gasteiger partial charge in [0.2, 0.25) is 0 Å². The van der Waals surface area contributed by atoms with Crippen molar-refractivity contribution in [1.82, 2.24) is 9.88 Å². The smallest absolute Gasteiger partial charge is 0.137 e. The number of hydrogen-bond donors (Lipinski definition) is 0. The Morgan fingerprint density at radius 1 is 1.15 bits per heavy atom. The highest BCUT2D eigenvalue weighted by molar-refractivity contribution is 8.03. The Labute approximate surface area is 129 Å². The van der Waals surface area contributed by atoms with Gasteiger partial charge in [0, 0.05) is 48.3 Å². The highest BCUT2D eigenvalue weighted by atomic mass is 32.2. The average molecular weight is 310 g/mol. The zero-order valence-corrected chi connectivity index (χ0v) is 13.4. The summed E-state index contributed by atoms with van der Waals surface area (Å²) in [6.07, 6.45) is 6.24. The molecule has 0 aromatic carbocycles. The Morgan fingerprint density at radius 3 is 2.55 bits per heavy atom. The Kier molecular flexibility index (Phi) is 5.51. The first-order chi connectivity index (χ1) is 9.92. The number of pyridine rings is 1. The lowest BCUT2D eigenvalue weighted by atomic mass is 10.1. The molecule has 3 rings (SSSR count). The van der Waals surface area contributed by atoms with E-state index >= 15 is 0 Å². The molecule has 2 saturated heterocycles. The zero-order chi connectivity index (χ0) is 13.6. The SMILES string of the molecule is c1cncc(OC2CCN(C3CSCCSC3)CC2)c1. The lowest BCUT2D eigenvalue weighted by Crippen LogP contribution is -2.46. The maximum absolute atomic E-state index is 6.02. The molecule has 3 heterocycles. The normalized spacial score (nSPS) is 23.4. The van der Waals surface area contributed by atoms with Crippen molar-refractivity contribution in [3.63, 3.8) is 0 Å². The minimum absolute atomic E-state index is 0.363. The second-order valence-electron chi connectivity index (χ2n) is 5.35. The summed E-state index contributed by atoms with van der Waals surface area (Å²) in [5, 5.41) is 0. The maximum atomic E-state index is 6.02. The standard InChI is InChI=1S/C15H22N2OS2/c1-2-15(10-16-5-1)18-14-3-6-17(7-4-14)13-11-19-8-9-20-12-13/h1-2,5,10,13-14H,3-4,6-9,11-12H2. The van der Waals surface area contributed by atoms with Crippen LogP contribution in [0.1, 0.15) is 12.8 Å². The molecule has 5 heteroatoms. The maximum Gasteiger partial charge on any atom is 0.137 e. The summed E-state index contributed by atoms with van der Waals surface area (Å²) in [6.45, 7) is 2.35. The molecule has 110 valence electrons. The van der Waals surface area contributed by atoms with Gasteiger partial charge >= 0.3 is 0 Å². The number of rotatable bonds is 3. The van der Waals surface area contributed by atoms with E-state index in [1.165, 1.54) is 36.1 Å². The van der Waals surface area contributed by atoms with Crippen molar-refractivity contribution in [3.8, 4) is 5.75 Å². The molecule has 0 spiro atoms. The second kappa shape index (κ2) is 7.57. The van der Waals surface area contributed by atoms with Crippen LogP contribution in [-0.2, 0) is 0 Å². The fraction of sp³-hybridized carbons (Fsp3) is 0.667. The van der Waals surface area contributed by atoms with Crippen molar-refractivity contribution in [1.29, 1.82) is 0 Å². The number of hydrogen-bond acceptors (Lipinski definition) is 5.